The van der Waals surface area contributed by atoms with E-state index >= 15 is 0 Å². The number of aliphatic carboxylic acids is 1. The second kappa shape index (κ2) is 21.5. The summed E-state index contributed by atoms with van der Waals surface area (Å²) in [6, 6.07) is 18.5. The minimum atomic E-state index is -3.54. The van der Waals surface area contributed by atoms with Crippen LogP contribution in [-0.2, 0) is 40.7 Å². The minimum absolute atomic E-state index is 0.0388. The summed E-state index contributed by atoms with van der Waals surface area (Å²) in [5, 5.41) is 20.9. The highest BCUT2D eigenvalue weighted by Crippen LogP contribution is 2.49. The number of aryl methyl sites for hydroxylation is 1. The van der Waals surface area contributed by atoms with Crippen LogP contribution in [0.5, 0.6) is 0 Å². The van der Waals surface area contributed by atoms with E-state index in [-0.39, 0.29) is 73.1 Å². The topological polar surface area (TPSA) is 279 Å². The Hall–Kier alpha value is -6.53. The minimum Gasteiger partial charge on any atom is -0.480 e. The van der Waals surface area contributed by atoms with Gasteiger partial charge in [0.15, 0.2) is 11.2 Å². The quantitative estimate of drug-likeness (QED) is 0.0345. The van der Waals surface area contributed by atoms with E-state index < -0.39 is 43.1 Å². The summed E-state index contributed by atoms with van der Waals surface area (Å²) >= 11 is 0. The van der Waals surface area contributed by atoms with Crippen LogP contribution in [0.3, 0.4) is 0 Å². The van der Waals surface area contributed by atoms with Crippen molar-refractivity contribution in [2.75, 3.05) is 41.5 Å². The Kier molecular flexibility index (Phi) is 15.9. The number of aromatic nitrogens is 4. The summed E-state index contributed by atoms with van der Waals surface area (Å²) in [6.45, 7) is 4.28. The molecule has 0 saturated carbocycles. The molecule has 0 unspecified atom stereocenters. The number of amides is 3. The van der Waals surface area contributed by atoms with Gasteiger partial charge in [-0.25, -0.2) is 19.3 Å². The van der Waals surface area contributed by atoms with Crippen molar-refractivity contribution in [3.05, 3.63) is 112 Å². The van der Waals surface area contributed by atoms with Gasteiger partial charge in [-0.15, -0.1) is 0 Å². The molecular weight excluding hydrogens is 797 g/mol. The Morgan fingerprint density at radius 3 is 2.27 bits per heavy atom. The summed E-state index contributed by atoms with van der Waals surface area (Å²) in [5.41, 5.74) is 8.40. The van der Waals surface area contributed by atoms with Crippen molar-refractivity contribution >= 4 is 65.7 Å². The van der Waals surface area contributed by atoms with Crippen LogP contribution in [0.25, 0.3) is 11.2 Å². The van der Waals surface area contributed by atoms with Crippen molar-refractivity contribution in [3.8, 4) is 0 Å². The molecule has 0 fully saturated rings. The summed E-state index contributed by atoms with van der Waals surface area (Å²) in [6.07, 6.45) is 3.08. The number of carboxylic acids is 1. The third-order valence-electron chi connectivity index (χ3n) is 8.71. The zero-order valence-electron chi connectivity index (χ0n) is 32.9. The molecule has 3 aromatic carbocycles. The number of carbonyl (C=O) groups is 4. The first kappa shape index (κ1) is 44.6. The molecule has 19 nitrogen and oxygen atoms in total. The van der Waals surface area contributed by atoms with Gasteiger partial charge in [0, 0.05) is 23.4 Å². The maximum absolute atomic E-state index is 13.2. The molecule has 0 saturated heterocycles. The number of nitrogens with one attached hydrogen (secondary N) is 5. The number of carbonyl (C=O) groups excluding carboxylic acids is 3. The lowest BCUT2D eigenvalue weighted by molar-refractivity contribution is -0.139. The van der Waals surface area contributed by atoms with Crippen molar-refractivity contribution in [2.24, 2.45) is 0 Å². The van der Waals surface area contributed by atoms with E-state index in [1.807, 2.05) is 12.1 Å². The Morgan fingerprint density at radius 2 is 1.57 bits per heavy atom. The molecule has 1 atom stereocenters. The van der Waals surface area contributed by atoms with E-state index in [1.165, 1.54) is 18.3 Å². The predicted molar refractivity (Wildman–Crippen MR) is 223 cm³/mol. The molecule has 8 N–H and O–H groups in total. The number of fused-ring (bicyclic) bond motifs is 1. The van der Waals surface area contributed by atoms with Gasteiger partial charge in [-0.1, -0.05) is 24.3 Å². The number of anilines is 4. The fourth-order valence-electron chi connectivity index (χ4n) is 5.75. The predicted octanol–water partition coefficient (Wildman–Crippen LogP) is 5.28. The molecule has 316 valence electrons. The monoisotopic (exact) mass is 843 g/mol. The van der Waals surface area contributed by atoms with E-state index in [0.717, 1.165) is 18.4 Å². The largest absolute Gasteiger partial charge is 0.480 e. The van der Waals surface area contributed by atoms with Gasteiger partial charge in [-0.2, -0.15) is 4.98 Å². The number of unbranched alkanes of at least 4 members (excludes halogenated alkanes) is 1. The maximum Gasteiger partial charge on any atom is 0.474 e. The third kappa shape index (κ3) is 13.0. The Labute approximate surface area is 344 Å². The fourth-order valence-corrected chi connectivity index (χ4v) is 6.96. The van der Waals surface area contributed by atoms with Crippen molar-refractivity contribution in [3.63, 3.8) is 0 Å². The van der Waals surface area contributed by atoms with Crippen LogP contribution in [0.15, 0.2) is 83.8 Å². The average molecular weight is 844 g/mol. The molecule has 0 spiro atoms. The highest BCUT2D eigenvalue weighted by molar-refractivity contribution is 7.48. The van der Waals surface area contributed by atoms with Gasteiger partial charge in [-0.05, 0) is 93.6 Å². The van der Waals surface area contributed by atoms with Gasteiger partial charge in [-0.3, -0.25) is 37.7 Å². The standard InChI is InChI=1S/C40H46N9O10P/c1-3-57-60(56,58-4-2)59-22-8-7-9-25-12-16-28(17-13-25)45-37(52)30-10-5-6-11-31(30)46-33(50)21-20-32(39(54)55)47-36(51)26-14-18-27(19-15-26)42-23-29-24-43-35-34(44-29)38(53)49-40(41)48-35/h5-6,10-19,24,32,42H,3-4,7-9,20-23H2,1-2H3,(H,45,52)(H,46,50)(H,47,51)(H,54,55)(H3,41,43,48,49,53)/t32-/m0/s1. The SMILES string of the molecule is CCOP(=O)(OCC)OCCCCc1ccc(NC(=O)c2ccccc2NC(=O)CC[C@H](NC(=O)c2ccc(NCc3cnc4nc(N)[nH]c(=O)c4n3)cc2)C(=O)O)cc1. The molecule has 20 heteroatoms. The number of nitrogen functional groups attached to an aromatic ring is 1. The molecule has 2 aromatic heterocycles. The smallest absolute Gasteiger partial charge is 0.474 e. The Morgan fingerprint density at radius 1 is 0.867 bits per heavy atom. The van der Waals surface area contributed by atoms with Gasteiger partial charge in [0.25, 0.3) is 17.4 Å². The Balaban J connectivity index is 1.07. The normalized spacial score (nSPS) is 11.8. The van der Waals surface area contributed by atoms with Crippen LogP contribution in [0, 0.1) is 0 Å². The number of benzene rings is 3. The summed E-state index contributed by atoms with van der Waals surface area (Å²) < 4.78 is 28.0. The first-order chi connectivity index (χ1) is 28.9. The number of nitrogens with zero attached hydrogens (tertiary/aromatic N) is 3. The van der Waals surface area contributed by atoms with Gasteiger partial charge in [0.2, 0.25) is 11.9 Å². The molecule has 2 heterocycles. The zero-order valence-corrected chi connectivity index (χ0v) is 33.8. The molecule has 0 radical (unpaired) electrons. The first-order valence-corrected chi connectivity index (χ1v) is 20.5. The molecule has 0 aliphatic heterocycles. The van der Waals surface area contributed by atoms with E-state index in [9.17, 15) is 33.6 Å². The van der Waals surface area contributed by atoms with Crippen LogP contribution in [0.2, 0.25) is 0 Å². The van der Waals surface area contributed by atoms with Crippen LogP contribution in [0.1, 0.15) is 71.5 Å². The number of phosphoric ester groups is 1. The zero-order chi connectivity index (χ0) is 43.1. The molecule has 3 amide bonds. The molecule has 0 aliphatic rings. The fraction of sp³-hybridized carbons (Fsp3) is 0.300. The average Bonchev–Trinajstić information content (AvgIpc) is 3.22. The lowest BCUT2D eigenvalue weighted by Gasteiger charge is -2.16. The van der Waals surface area contributed by atoms with E-state index in [0.29, 0.717) is 23.5 Å². The number of nitrogens with two attached hydrogens (primary N) is 1. The van der Waals surface area contributed by atoms with E-state index in [2.05, 4.69) is 41.2 Å². The van der Waals surface area contributed by atoms with Crippen LogP contribution < -0.4 is 32.6 Å². The summed E-state index contributed by atoms with van der Waals surface area (Å²) in [4.78, 5) is 78.1. The second-order valence-electron chi connectivity index (χ2n) is 13.1. The molecule has 5 rings (SSSR count). The number of aromatic amines is 1. The first-order valence-electron chi connectivity index (χ1n) is 19.1. The number of rotatable bonds is 22. The molecule has 5 aromatic rings. The maximum atomic E-state index is 13.2. The van der Waals surface area contributed by atoms with E-state index in [4.69, 9.17) is 19.3 Å². The Bertz CT molecular complexity index is 2380. The number of carboxylic acid groups (broad SMARTS) is 1. The van der Waals surface area contributed by atoms with Crippen molar-refractivity contribution in [1.82, 2.24) is 25.3 Å². The van der Waals surface area contributed by atoms with Gasteiger partial charge < -0.3 is 32.1 Å². The van der Waals surface area contributed by atoms with Crippen molar-refractivity contribution in [1.29, 1.82) is 0 Å². The molecular formula is C40H46N9O10P. The van der Waals surface area contributed by atoms with Gasteiger partial charge in [0.1, 0.15) is 6.04 Å². The van der Waals surface area contributed by atoms with Crippen LogP contribution in [0.4, 0.5) is 23.0 Å². The molecule has 0 bridgehead atoms. The highest BCUT2D eigenvalue weighted by atomic mass is 31.2. The third-order valence-corrected chi connectivity index (χ3v) is 10.4. The number of H-pyrrole nitrogens is 1. The number of hydrogen-bond donors (Lipinski definition) is 7. The second-order valence-corrected chi connectivity index (χ2v) is 14.8. The van der Waals surface area contributed by atoms with Crippen LogP contribution in [-0.4, -0.2) is 74.6 Å². The summed E-state index contributed by atoms with van der Waals surface area (Å²) in [7, 11) is -3.54. The van der Waals surface area contributed by atoms with E-state index in [1.54, 1.807) is 62.4 Å². The van der Waals surface area contributed by atoms with Crippen molar-refractivity contribution in [2.45, 2.75) is 58.5 Å². The lowest BCUT2D eigenvalue weighted by atomic mass is 10.1. The van der Waals surface area contributed by atoms with Crippen molar-refractivity contribution < 1.29 is 42.4 Å². The highest BCUT2D eigenvalue weighted by Gasteiger charge is 2.25. The molecule has 0 aliphatic carbocycles. The summed E-state index contributed by atoms with van der Waals surface area (Å²) in [5.74, 6) is -3.07. The number of phosphoric acid groups is 1. The van der Waals surface area contributed by atoms with Gasteiger partial charge >= 0.3 is 13.8 Å². The van der Waals surface area contributed by atoms with Gasteiger partial charge in [0.05, 0.1) is 49.5 Å². The van der Waals surface area contributed by atoms with Crippen LogP contribution >= 0.6 is 7.82 Å². The molecule has 60 heavy (non-hydrogen) atoms. The number of hydrogen-bond acceptors (Lipinski definition) is 14. The lowest BCUT2D eigenvalue weighted by Crippen LogP contribution is -2.41. The number of para-hydroxylation sites is 1.